The first-order valence-corrected chi connectivity index (χ1v) is 9.70. The van der Waals surface area contributed by atoms with Crippen molar-refractivity contribution in [1.29, 1.82) is 0 Å². The van der Waals surface area contributed by atoms with Crippen molar-refractivity contribution in [1.82, 2.24) is 20.1 Å². The van der Waals surface area contributed by atoms with Crippen LogP contribution in [0.25, 0.3) is 5.69 Å². The van der Waals surface area contributed by atoms with Gasteiger partial charge in [-0.3, -0.25) is 4.79 Å². The molecular formula is C17H18N4O2S2. The zero-order valence-corrected chi connectivity index (χ0v) is 15.7. The molecule has 0 aliphatic heterocycles. The molecular weight excluding hydrogens is 356 g/mol. The van der Waals surface area contributed by atoms with Gasteiger partial charge in [0, 0.05) is 17.1 Å². The van der Waals surface area contributed by atoms with E-state index >= 15 is 0 Å². The normalized spacial score (nSPS) is 12.0. The summed E-state index contributed by atoms with van der Waals surface area (Å²) in [5.41, 5.74) is 2.29. The van der Waals surface area contributed by atoms with Gasteiger partial charge < -0.3 is 10.1 Å². The van der Waals surface area contributed by atoms with Crippen LogP contribution in [0.1, 0.15) is 29.0 Å². The molecule has 1 atom stereocenters. The van der Waals surface area contributed by atoms with Crippen molar-refractivity contribution in [3.63, 3.8) is 0 Å². The topological polar surface area (TPSA) is 69.0 Å². The van der Waals surface area contributed by atoms with E-state index in [2.05, 4.69) is 15.4 Å². The standard InChI is InChI=1S/C17H18N4O2S2/c1-11(19-16(22)15-10-25-17(20-15)24-3)12-8-18-21(9-12)13-4-6-14(23-2)7-5-13/h4-11H,1-3H3,(H,19,22)/t11-/m1/s1. The third kappa shape index (κ3) is 4.02. The molecule has 0 spiro atoms. The quantitative estimate of drug-likeness (QED) is 0.668. The molecule has 0 bridgehead atoms. The van der Waals surface area contributed by atoms with Crippen LogP contribution in [0.15, 0.2) is 46.4 Å². The van der Waals surface area contributed by atoms with E-state index in [-0.39, 0.29) is 11.9 Å². The number of thioether (sulfide) groups is 1. The van der Waals surface area contributed by atoms with Crippen LogP contribution in [0.3, 0.4) is 0 Å². The fourth-order valence-electron chi connectivity index (χ4n) is 2.25. The maximum absolute atomic E-state index is 12.3. The number of thiazole rings is 1. The van der Waals surface area contributed by atoms with E-state index in [9.17, 15) is 4.79 Å². The summed E-state index contributed by atoms with van der Waals surface area (Å²) in [7, 11) is 1.63. The molecule has 0 radical (unpaired) electrons. The van der Waals surface area contributed by atoms with Gasteiger partial charge in [-0.05, 0) is 37.4 Å². The van der Waals surface area contributed by atoms with Crippen LogP contribution in [0.2, 0.25) is 0 Å². The molecule has 0 unspecified atom stereocenters. The van der Waals surface area contributed by atoms with Crippen molar-refractivity contribution in [2.75, 3.05) is 13.4 Å². The summed E-state index contributed by atoms with van der Waals surface area (Å²) in [6, 6.07) is 7.45. The summed E-state index contributed by atoms with van der Waals surface area (Å²) < 4.78 is 7.81. The van der Waals surface area contributed by atoms with Gasteiger partial charge >= 0.3 is 0 Å². The van der Waals surface area contributed by atoms with Crippen LogP contribution in [0, 0.1) is 0 Å². The molecule has 0 saturated heterocycles. The summed E-state index contributed by atoms with van der Waals surface area (Å²) in [4.78, 5) is 16.6. The van der Waals surface area contributed by atoms with Gasteiger partial charge in [0.05, 0.1) is 25.0 Å². The summed E-state index contributed by atoms with van der Waals surface area (Å²) in [6.07, 6.45) is 5.60. The lowest BCUT2D eigenvalue weighted by Gasteiger charge is -2.10. The Bertz CT molecular complexity index is 858. The molecule has 3 aromatic rings. The predicted octanol–water partition coefficient (Wildman–Crippen LogP) is 3.55. The molecule has 1 amide bonds. The van der Waals surface area contributed by atoms with Gasteiger partial charge in [-0.2, -0.15) is 5.10 Å². The predicted molar refractivity (Wildman–Crippen MR) is 99.9 cm³/mol. The second kappa shape index (κ2) is 7.71. The molecule has 25 heavy (non-hydrogen) atoms. The fourth-order valence-corrected chi connectivity index (χ4v) is 3.49. The van der Waals surface area contributed by atoms with Crippen molar-refractivity contribution in [3.05, 3.63) is 53.3 Å². The number of ether oxygens (including phenoxy) is 1. The second-order valence-corrected chi connectivity index (χ2v) is 7.23. The Morgan fingerprint density at radius 3 is 2.76 bits per heavy atom. The number of nitrogens with one attached hydrogen (secondary N) is 1. The molecule has 2 aromatic heterocycles. The molecule has 1 N–H and O–H groups in total. The Labute approximate surface area is 154 Å². The zero-order valence-electron chi connectivity index (χ0n) is 14.1. The second-order valence-electron chi connectivity index (χ2n) is 5.31. The largest absolute Gasteiger partial charge is 0.497 e. The van der Waals surface area contributed by atoms with Crippen LogP contribution < -0.4 is 10.1 Å². The Hall–Kier alpha value is -2.32. The average molecular weight is 374 g/mol. The highest BCUT2D eigenvalue weighted by Crippen LogP contribution is 2.21. The van der Waals surface area contributed by atoms with Gasteiger partial charge in [0.15, 0.2) is 0 Å². The SMILES string of the molecule is COc1ccc(-n2cc([C@@H](C)NC(=O)c3csc(SC)n3)cn2)cc1. The van der Waals surface area contributed by atoms with Crippen molar-refractivity contribution in [2.45, 2.75) is 17.3 Å². The molecule has 0 saturated carbocycles. The van der Waals surface area contributed by atoms with E-state index in [1.54, 1.807) is 23.4 Å². The summed E-state index contributed by atoms with van der Waals surface area (Å²) >= 11 is 3.00. The van der Waals surface area contributed by atoms with Crippen LogP contribution >= 0.6 is 23.1 Å². The van der Waals surface area contributed by atoms with Gasteiger partial charge in [0.1, 0.15) is 15.8 Å². The summed E-state index contributed by atoms with van der Waals surface area (Å²) in [6.45, 7) is 1.93. The van der Waals surface area contributed by atoms with Crippen LogP contribution in [-0.4, -0.2) is 34.0 Å². The molecule has 2 heterocycles. The highest BCUT2D eigenvalue weighted by Gasteiger charge is 2.16. The van der Waals surface area contributed by atoms with Crippen LogP contribution in [-0.2, 0) is 0 Å². The minimum absolute atomic E-state index is 0.168. The first-order chi connectivity index (χ1) is 12.1. The minimum Gasteiger partial charge on any atom is -0.497 e. The molecule has 8 heteroatoms. The van der Waals surface area contributed by atoms with E-state index in [1.165, 1.54) is 23.1 Å². The lowest BCUT2D eigenvalue weighted by atomic mass is 10.2. The zero-order chi connectivity index (χ0) is 17.8. The Morgan fingerprint density at radius 1 is 1.36 bits per heavy atom. The first-order valence-electron chi connectivity index (χ1n) is 7.60. The van der Waals surface area contributed by atoms with E-state index in [0.717, 1.165) is 21.3 Å². The molecule has 3 rings (SSSR count). The number of hydrogen-bond acceptors (Lipinski definition) is 6. The van der Waals surface area contributed by atoms with Crippen molar-refractivity contribution in [3.8, 4) is 11.4 Å². The van der Waals surface area contributed by atoms with Gasteiger partial charge in [0.25, 0.3) is 5.91 Å². The Balaban J connectivity index is 1.69. The minimum atomic E-state index is -0.179. The molecule has 6 nitrogen and oxygen atoms in total. The molecule has 0 fully saturated rings. The van der Waals surface area contributed by atoms with Crippen LogP contribution in [0.5, 0.6) is 5.75 Å². The maximum atomic E-state index is 12.3. The first kappa shape index (κ1) is 17.5. The van der Waals surface area contributed by atoms with E-state index < -0.39 is 0 Å². The molecule has 0 aliphatic carbocycles. The van der Waals surface area contributed by atoms with Gasteiger partial charge in [-0.15, -0.1) is 11.3 Å². The fraction of sp³-hybridized carbons (Fsp3) is 0.235. The summed E-state index contributed by atoms with van der Waals surface area (Å²) in [5, 5.41) is 9.10. The van der Waals surface area contributed by atoms with Crippen molar-refractivity contribution in [2.24, 2.45) is 0 Å². The Kier molecular flexibility index (Phi) is 5.40. The number of nitrogens with zero attached hydrogens (tertiary/aromatic N) is 3. The highest BCUT2D eigenvalue weighted by atomic mass is 32.2. The number of hydrogen-bond donors (Lipinski definition) is 1. The number of aromatic nitrogens is 3. The number of benzene rings is 1. The lowest BCUT2D eigenvalue weighted by Crippen LogP contribution is -2.26. The Morgan fingerprint density at radius 2 is 2.12 bits per heavy atom. The smallest absolute Gasteiger partial charge is 0.271 e. The lowest BCUT2D eigenvalue weighted by molar-refractivity contribution is 0.0935. The number of carbonyl (C=O) groups excluding carboxylic acids is 1. The van der Waals surface area contributed by atoms with E-state index in [0.29, 0.717) is 5.69 Å². The van der Waals surface area contributed by atoms with Crippen LogP contribution in [0.4, 0.5) is 0 Å². The number of rotatable bonds is 6. The van der Waals surface area contributed by atoms with Gasteiger partial charge in [0.2, 0.25) is 0 Å². The molecule has 1 aromatic carbocycles. The highest BCUT2D eigenvalue weighted by molar-refractivity contribution is 8.00. The number of amides is 1. The third-order valence-electron chi connectivity index (χ3n) is 3.68. The molecule has 130 valence electrons. The van der Waals surface area contributed by atoms with Crippen molar-refractivity contribution >= 4 is 29.0 Å². The number of carbonyl (C=O) groups is 1. The van der Waals surface area contributed by atoms with Gasteiger partial charge in [-0.1, -0.05) is 11.8 Å². The van der Waals surface area contributed by atoms with E-state index in [1.807, 2.05) is 43.6 Å². The van der Waals surface area contributed by atoms with Gasteiger partial charge in [-0.25, -0.2) is 9.67 Å². The monoisotopic (exact) mass is 374 g/mol. The van der Waals surface area contributed by atoms with E-state index in [4.69, 9.17) is 4.74 Å². The maximum Gasteiger partial charge on any atom is 0.271 e. The average Bonchev–Trinajstić information content (AvgIpc) is 3.31. The number of methoxy groups -OCH3 is 1. The third-order valence-corrected chi connectivity index (χ3v) is 5.54. The molecule has 0 aliphatic rings. The summed E-state index contributed by atoms with van der Waals surface area (Å²) in [5.74, 6) is 0.617. The van der Waals surface area contributed by atoms with Crippen molar-refractivity contribution < 1.29 is 9.53 Å².